The lowest BCUT2D eigenvalue weighted by Gasteiger charge is -2.36. The molecular weight excluding hydrogens is 437 g/mol. The van der Waals surface area contributed by atoms with Gasteiger partial charge in [-0.1, -0.05) is 50.2 Å². The van der Waals surface area contributed by atoms with Crippen LogP contribution in [0.25, 0.3) is 0 Å². The minimum atomic E-state index is -3.33. The van der Waals surface area contributed by atoms with Crippen molar-refractivity contribution >= 4 is 27.6 Å². The highest BCUT2D eigenvalue weighted by Gasteiger charge is 2.33. The number of halogens is 1. The molecule has 0 fully saturated rings. The molecule has 0 unspecified atom stereocenters. The molecule has 0 aliphatic rings. The molecule has 0 amide bonds. The summed E-state index contributed by atoms with van der Waals surface area (Å²) in [6.07, 6.45) is 1.28. The van der Waals surface area contributed by atoms with Crippen LogP contribution < -0.4 is 10.0 Å². The fourth-order valence-electron chi connectivity index (χ4n) is 3.92. The van der Waals surface area contributed by atoms with Crippen LogP contribution in [0.4, 0.5) is 15.8 Å². The second kappa shape index (κ2) is 10.3. The molecule has 0 aliphatic carbocycles. The molecule has 0 aliphatic heterocycles. The van der Waals surface area contributed by atoms with Crippen molar-refractivity contribution in [1.29, 1.82) is 5.41 Å². The highest BCUT2D eigenvalue weighted by Crippen LogP contribution is 2.41. The summed E-state index contributed by atoms with van der Waals surface area (Å²) >= 11 is 0. The van der Waals surface area contributed by atoms with Crippen molar-refractivity contribution in [2.45, 2.75) is 26.7 Å². The Labute approximate surface area is 195 Å². The van der Waals surface area contributed by atoms with E-state index >= 15 is 0 Å². The van der Waals surface area contributed by atoms with Gasteiger partial charge in [-0.2, -0.15) is 0 Å². The molecule has 0 aromatic heterocycles. The third-order valence-corrected chi connectivity index (χ3v) is 7.07. The van der Waals surface area contributed by atoms with E-state index in [-0.39, 0.29) is 24.0 Å². The van der Waals surface area contributed by atoms with Gasteiger partial charge in [-0.05, 0) is 59.9 Å². The van der Waals surface area contributed by atoms with Gasteiger partial charge in [-0.25, -0.2) is 17.5 Å². The number of benzene rings is 3. The molecule has 3 rings (SSSR count). The first kappa shape index (κ1) is 24.6. The fraction of sp³-hybridized carbons (Fsp3) is 0.269. The Balaban J connectivity index is 1.99. The van der Waals surface area contributed by atoms with Gasteiger partial charge in [0, 0.05) is 35.6 Å². The summed E-state index contributed by atoms with van der Waals surface area (Å²) in [4.78, 5) is 0. The molecule has 33 heavy (non-hydrogen) atoms. The van der Waals surface area contributed by atoms with Crippen LogP contribution >= 0.6 is 0 Å². The van der Waals surface area contributed by atoms with E-state index in [2.05, 4.69) is 10.0 Å². The molecular formula is C26H30FN3O2S. The summed E-state index contributed by atoms with van der Waals surface area (Å²) in [5.74, 6) is -0.396. The third-order valence-electron chi connectivity index (χ3n) is 5.73. The minimum Gasteiger partial charge on any atom is -0.355 e. The average molecular weight is 468 g/mol. The van der Waals surface area contributed by atoms with Crippen LogP contribution in [0.3, 0.4) is 0 Å². The van der Waals surface area contributed by atoms with Crippen molar-refractivity contribution in [1.82, 2.24) is 4.72 Å². The maximum absolute atomic E-state index is 13.2. The van der Waals surface area contributed by atoms with Crippen molar-refractivity contribution in [3.63, 3.8) is 0 Å². The smallest absolute Gasteiger partial charge is 0.211 e. The lowest BCUT2D eigenvalue weighted by molar-refractivity contribution is 0.317. The summed E-state index contributed by atoms with van der Waals surface area (Å²) in [5.41, 5.74) is 3.73. The quantitative estimate of drug-likeness (QED) is 0.336. The Morgan fingerprint density at radius 1 is 1.00 bits per heavy atom. The lowest BCUT2D eigenvalue weighted by atomic mass is 9.71. The molecule has 3 N–H and O–H groups in total. The number of sulfonamides is 1. The molecule has 3 aromatic carbocycles. The average Bonchev–Trinajstić information content (AvgIpc) is 2.81. The van der Waals surface area contributed by atoms with Gasteiger partial charge in [0.2, 0.25) is 10.0 Å². The largest absolute Gasteiger partial charge is 0.355 e. The van der Waals surface area contributed by atoms with E-state index in [4.69, 9.17) is 5.41 Å². The van der Waals surface area contributed by atoms with Gasteiger partial charge < -0.3 is 10.7 Å². The summed E-state index contributed by atoms with van der Waals surface area (Å²) < 4.78 is 40.2. The Morgan fingerprint density at radius 2 is 1.67 bits per heavy atom. The first-order valence-corrected chi connectivity index (χ1v) is 12.5. The van der Waals surface area contributed by atoms with Crippen LogP contribution in [0.5, 0.6) is 0 Å². The first-order valence-electron chi connectivity index (χ1n) is 10.8. The molecule has 0 saturated carbocycles. The summed E-state index contributed by atoms with van der Waals surface area (Å²) in [6.45, 7) is 5.97. The van der Waals surface area contributed by atoms with E-state index in [0.717, 1.165) is 22.5 Å². The van der Waals surface area contributed by atoms with Crippen LogP contribution in [0, 0.1) is 16.6 Å². The Bertz CT molecular complexity index is 1190. The number of anilines is 2. The van der Waals surface area contributed by atoms with Gasteiger partial charge in [-0.3, -0.25) is 0 Å². The minimum absolute atomic E-state index is 0.0286. The summed E-state index contributed by atoms with van der Waals surface area (Å²) in [6, 6.07) is 21.9. The predicted octanol–water partition coefficient (Wildman–Crippen LogP) is 5.66. The summed E-state index contributed by atoms with van der Waals surface area (Å²) in [7, 11) is -3.33. The maximum atomic E-state index is 13.2. The molecule has 1 atom stereocenters. The van der Waals surface area contributed by atoms with Gasteiger partial charge in [0.1, 0.15) is 5.82 Å². The van der Waals surface area contributed by atoms with Crippen molar-refractivity contribution < 1.29 is 12.8 Å². The Kier molecular flexibility index (Phi) is 7.66. The van der Waals surface area contributed by atoms with Gasteiger partial charge in [0.15, 0.2) is 0 Å². The zero-order valence-corrected chi connectivity index (χ0v) is 19.9. The van der Waals surface area contributed by atoms with E-state index in [1.807, 2.05) is 62.4 Å². The highest BCUT2D eigenvalue weighted by atomic mass is 32.2. The van der Waals surface area contributed by atoms with Crippen LogP contribution in [0.1, 0.15) is 43.4 Å². The molecule has 0 spiro atoms. The normalized spacial score (nSPS) is 12.8. The number of rotatable bonds is 10. The Morgan fingerprint density at radius 3 is 2.27 bits per heavy atom. The molecule has 0 heterocycles. The third kappa shape index (κ3) is 6.27. The van der Waals surface area contributed by atoms with Gasteiger partial charge in [-0.15, -0.1) is 0 Å². The summed E-state index contributed by atoms with van der Waals surface area (Å²) in [5, 5.41) is 11.2. The zero-order chi connectivity index (χ0) is 24.1. The number of nitrogens with one attached hydrogen (secondary N) is 3. The number of hydrogen-bond acceptors (Lipinski definition) is 4. The van der Waals surface area contributed by atoms with Crippen LogP contribution in [-0.4, -0.2) is 26.9 Å². The van der Waals surface area contributed by atoms with Crippen LogP contribution in [0.15, 0.2) is 72.8 Å². The zero-order valence-electron chi connectivity index (χ0n) is 19.1. The molecule has 7 heteroatoms. The Hall–Kier alpha value is -3.03. The highest BCUT2D eigenvalue weighted by molar-refractivity contribution is 7.89. The monoisotopic (exact) mass is 467 g/mol. The van der Waals surface area contributed by atoms with Crippen molar-refractivity contribution in [3.8, 4) is 0 Å². The topological polar surface area (TPSA) is 82.1 Å². The van der Waals surface area contributed by atoms with Crippen molar-refractivity contribution in [2.75, 3.05) is 17.6 Å². The molecule has 0 radical (unpaired) electrons. The number of hydrogen-bond donors (Lipinski definition) is 3. The SMILES string of the molecule is CCS(=O)(=O)NCC(C)(C)[C@@H](c1ccccc1)c1ccc(Nc2ccc(F)cc2)c(C=N)c1. The maximum Gasteiger partial charge on any atom is 0.211 e. The van der Waals surface area contributed by atoms with Gasteiger partial charge >= 0.3 is 0 Å². The van der Waals surface area contributed by atoms with Gasteiger partial charge in [0.25, 0.3) is 0 Å². The first-order chi connectivity index (χ1) is 15.6. The fourth-order valence-corrected chi connectivity index (χ4v) is 4.72. The van der Waals surface area contributed by atoms with E-state index in [1.54, 1.807) is 19.1 Å². The molecule has 174 valence electrons. The van der Waals surface area contributed by atoms with E-state index < -0.39 is 15.4 Å². The standard InChI is InChI=1S/C26H30FN3O2S/c1-4-33(31,32)29-18-26(2,3)25(19-8-6-5-7-9-19)20-10-15-24(21(16-20)17-28)30-23-13-11-22(27)12-14-23/h5-17,25,28-30H,4,18H2,1-3H3/t25-/m0/s1. The van der Waals surface area contributed by atoms with Crippen molar-refractivity contribution in [3.05, 3.63) is 95.3 Å². The lowest BCUT2D eigenvalue weighted by Crippen LogP contribution is -2.38. The van der Waals surface area contributed by atoms with Crippen LogP contribution in [0.2, 0.25) is 0 Å². The molecule has 3 aromatic rings. The molecule has 0 saturated heterocycles. The van der Waals surface area contributed by atoms with E-state index in [0.29, 0.717) is 5.56 Å². The van der Waals surface area contributed by atoms with Crippen LogP contribution in [-0.2, 0) is 10.0 Å². The predicted molar refractivity (Wildman–Crippen MR) is 134 cm³/mol. The molecule has 0 bridgehead atoms. The van der Waals surface area contributed by atoms with E-state index in [9.17, 15) is 12.8 Å². The second-order valence-electron chi connectivity index (χ2n) is 8.68. The van der Waals surface area contributed by atoms with Gasteiger partial charge in [0.05, 0.1) is 5.75 Å². The van der Waals surface area contributed by atoms with Crippen molar-refractivity contribution in [2.24, 2.45) is 5.41 Å². The van der Waals surface area contributed by atoms with E-state index in [1.165, 1.54) is 18.3 Å². The second-order valence-corrected chi connectivity index (χ2v) is 10.8. The molecule has 5 nitrogen and oxygen atoms in total.